The number of nitriles is 1. The van der Waals surface area contributed by atoms with Gasteiger partial charge in [0.15, 0.2) is 0 Å². The van der Waals surface area contributed by atoms with Crippen LogP contribution in [-0.4, -0.2) is 13.2 Å². The van der Waals surface area contributed by atoms with Gasteiger partial charge in [-0.2, -0.15) is 5.26 Å². The molecule has 1 aliphatic carbocycles. The molecule has 0 amide bonds. The van der Waals surface area contributed by atoms with Crippen LogP contribution in [0.5, 0.6) is 0 Å². The molecule has 0 bridgehead atoms. The van der Waals surface area contributed by atoms with Crippen molar-refractivity contribution in [3.05, 3.63) is 29.8 Å². The van der Waals surface area contributed by atoms with Crippen LogP contribution < -0.4 is 5.32 Å². The van der Waals surface area contributed by atoms with Gasteiger partial charge in [-0.05, 0) is 30.5 Å². The maximum absolute atomic E-state index is 9.17. The molecule has 2 unspecified atom stereocenters. The van der Waals surface area contributed by atoms with Crippen LogP contribution in [0.1, 0.15) is 31.2 Å². The number of nitrogens with zero attached hydrogens (tertiary/aromatic N) is 1. The monoisotopic (exact) mass is 244 g/mol. The SMILES string of the molecule is COCc1cccc(NC2CCCCC2C#N)c1. The van der Waals surface area contributed by atoms with Gasteiger partial charge in [-0.25, -0.2) is 0 Å². The third-order valence-electron chi connectivity index (χ3n) is 3.52. The molecule has 2 atom stereocenters. The average molecular weight is 244 g/mol. The van der Waals surface area contributed by atoms with Gasteiger partial charge in [-0.15, -0.1) is 0 Å². The van der Waals surface area contributed by atoms with E-state index in [9.17, 15) is 0 Å². The Labute approximate surface area is 109 Å². The van der Waals surface area contributed by atoms with E-state index in [4.69, 9.17) is 10.00 Å². The second kappa shape index (κ2) is 6.42. The molecule has 0 aromatic heterocycles. The van der Waals surface area contributed by atoms with Crippen molar-refractivity contribution in [1.82, 2.24) is 0 Å². The first-order chi connectivity index (χ1) is 8.83. The van der Waals surface area contributed by atoms with Crippen molar-refractivity contribution in [2.75, 3.05) is 12.4 Å². The molecule has 96 valence electrons. The van der Waals surface area contributed by atoms with Gasteiger partial charge in [-0.1, -0.05) is 25.0 Å². The molecule has 1 fully saturated rings. The quantitative estimate of drug-likeness (QED) is 0.883. The van der Waals surface area contributed by atoms with E-state index in [1.54, 1.807) is 7.11 Å². The highest BCUT2D eigenvalue weighted by atomic mass is 16.5. The number of hydrogen-bond acceptors (Lipinski definition) is 3. The van der Waals surface area contributed by atoms with E-state index in [-0.39, 0.29) is 5.92 Å². The summed E-state index contributed by atoms with van der Waals surface area (Å²) in [7, 11) is 1.70. The summed E-state index contributed by atoms with van der Waals surface area (Å²) in [6.45, 7) is 0.627. The molecule has 1 saturated carbocycles. The van der Waals surface area contributed by atoms with Crippen LogP contribution in [0.3, 0.4) is 0 Å². The van der Waals surface area contributed by atoms with E-state index in [1.807, 2.05) is 6.07 Å². The number of ether oxygens (including phenoxy) is 1. The van der Waals surface area contributed by atoms with Crippen LogP contribution >= 0.6 is 0 Å². The zero-order chi connectivity index (χ0) is 12.8. The number of benzene rings is 1. The van der Waals surface area contributed by atoms with Gasteiger partial charge in [0.05, 0.1) is 18.6 Å². The molecule has 0 aliphatic heterocycles. The van der Waals surface area contributed by atoms with Gasteiger partial charge in [0, 0.05) is 18.8 Å². The Morgan fingerprint density at radius 2 is 2.22 bits per heavy atom. The lowest BCUT2D eigenvalue weighted by Gasteiger charge is -2.28. The summed E-state index contributed by atoms with van der Waals surface area (Å²) in [5, 5.41) is 12.7. The van der Waals surface area contributed by atoms with E-state index in [0.29, 0.717) is 12.6 Å². The molecule has 18 heavy (non-hydrogen) atoms. The summed E-state index contributed by atoms with van der Waals surface area (Å²) >= 11 is 0. The number of hydrogen-bond donors (Lipinski definition) is 1. The zero-order valence-corrected chi connectivity index (χ0v) is 10.9. The van der Waals surface area contributed by atoms with Gasteiger partial charge < -0.3 is 10.1 Å². The van der Waals surface area contributed by atoms with E-state index in [2.05, 4.69) is 29.6 Å². The van der Waals surface area contributed by atoms with Crippen molar-refractivity contribution in [2.45, 2.75) is 38.3 Å². The summed E-state index contributed by atoms with van der Waals surface area (Å²) in [6.07, 6.45) is 4.51. The molecule has 0 saturated heterocycles. The molecular weight excluding hydrogens is 224 g/mol. The van der Waals surface area contributed by atoms with E-state index < -0.39 is 0 Å². The van der Waals surface area contributed by atoms with Gasteiger partial charge in [0.1, 0.15) is 0 Å². The van der Waals surface area contributed by atoms with Crippen LogP contribution in [0, 0.1) is 17.2 Å². The molecule has 2 rings (SSSR count). The van der Waals surface area contributed by atoms with Gasteiger partial charge in [0.2, 0.25) is 0 Å². The lowest BCUT2D eigenvalue weighted by Crippen LogP contribution is -2.31. The highest BCUT2D eigenvalue weighted by molar-refractivity contribution is 5.46. The zero-order valence-electron chi connectivity index (χ0n) is 10.9. The predicted octanol–water partition coefficient (Wildman–Crippen LogP) is 3.33. The van der Waals surface area contributed by atoms with Crippen molar-refractivity contribution >= 4 is 5.69 Å². The van der Waals surface area contributed by atoms with Crippen molar-refractivity contribution in [3.8, 4) is 6.07 Å². The number of rotatable bonds is 4. The Morgan fingerprint density at radius 3 is 3.00 bits per heavy atom. The molecule has 1 N–H and O–H groups in total. The molecule has 3 heteroatoms. The maximum Gasteiger partial charge on any atom is 0.0713 e. The summed E-state index contributed by atoms with van der Waals surface area (Å²) in [5.41, 5.74) is 2.25. The van der Waals surface area contributed by atoms with Gasteiger partial charge >= 0.3 is 0 Å². The van der Waals surface area contributed by atoms with E-state index in [0.717, 1.165) is 24.1 Å². The lowest BCUT2D eigenvalue weighted by molar-refractivity contribution is 0.185. The molecule has 0 heterocycles. The van der Waals surface area contributed by atoms with Crippen LogP contribution in [0.4, 0.5) is 5.69 Å². The smallest absolute Gasteiger partial charge is 0.0713 e. The fourth-order valence-corrected chi connectivity index (χ4v) is 2.59. The molecule has 0 radical (unpaired) electrons. The second-order valence-corrected chi connectivity index (χ2v) is 4.90. The molecule has 3 nitrogen and oxygen atoms in total. The minimum atomic E-state index is 0.143. The van der Waals surface area contributed by atoms with Crippen molar-refractivity contribution < 1.29 is 4.74 Å². The fourth-order valence-electron chi connectivity index (χ4n) is 2.59. The van der Waals surface area contributed by atoms with Crippen molar-refractivity contribution in [1.29, 1.82) is 5.26 Å². The van der Waals surface area contributed by atoms with Crippen LogP contribution in [0.2, 0.25) is 0 Å². The Bertz CT molecular complexity index is 425. The Kier molecular flexibility index (Phi) is 4.60. The molecule has 1 aromatic rings. The average Bonchev–Trinajstić information content (AvgIpc) is 2.40. The topological polar surface area (TPSA) is 45.0 Å². The van der Waals surface area contributed by atoms with Gasteiger partial charge in [0.25, 0.3) is 0 Å². The van der Waals surface area contributed by atoms with Crippen molar-refractivity contribution in [2.24, 2.45) is 5.92 Å². The second-order valence-electron chi connectivity index (χ2n) is 4.90. The highest BCUT2D eigenvalue weighted by Crippen LogP contribution is 2.27. The predicted molar refractivity (Wildman–Crippen MR) is 72.1 cm³/mol. The first-order valence-corrected chi connectivity index (χ1v) is 6.57. The first-order valence-electron chi connectivity index (χ1n) is 6.57. The minimum absolute atomic E-state index is 0.143. The third-order valence-corrected chi connectivity index (χ3v) is 3.52. The summed E-state index contributed by atoms with van der Waals surface area (Å²) in [6, 6.07) is 11.0. The Balaban J connectivity index is 2.03. The minimum Gasteiger partial charge on any atom is -0.381 e. The largest absolute Gasteiger partial charge is 0.381 e. The standard InChI is InChI=1S/C15H20N2O/c1-18-11-12-5-4-7-14(9-12)17-15-8-3-2-6-13(15)10-16/h4-5,7,9,13,15,17H,2-3,6,8,11H2,1H3. The van der Waals surface area contributed by atoms with Crippen molar-refractivity contribution in [3.63, 3.8) is 0 Å². The fraction of sp³-hybridized carbons (Fsp3) is 0.533. The van der Waals surface area contributed by atoms with Gasteiger partial charge in [-0.3, -0.25) is 0 Å². The van der Waals surface area contributed by atoms with Crippen LogP contribution in [0.15, 0.2) is 24.3 Å². The molecule has 1 aromatic carbocycles. The molecular formula is C15H20N2O. The highest BCUT2D eigenvalue weighted by Gasteiger charge is 2.24. The van der Waals surface area contributed by atoms with E-state index in [1.165, 1.54) is 12.8 Å². The lowest BCUT2D eigenvalue weighted by atomic mass is 9.85. The summed E-state index contributed by atoms with van der Waals surface area (Å²) in [4.78, 5) is 0. The first kappa shape index (κ1) is 12.9. The molecule has 1 aliphatic rings. The third kappa shape index (κ3) is 3.24. The molecule has 0 spiro atoms. The normalized spacial score (nSPS) is 23.3. The maximum atomic E-state index is 9.17. The number of anilines is 1. The van der Waals surface area contributed by atoms with Crippen LogP contribution in [0.25, 0.3) is 0 Å². The summed E-state index contributed by atoms with van der Waals surface area (Å²) < 4.78 is 5.14. The summed E-state index contributed by atoms with van der Waals surface area (Å²) in [5.74, 6) is 0.143. The van der Waals surface area contributed by atoms with E-state index >= 15 is 0 Å². The van der Waals surface area contributed by atoms with Crippen LogP contribution in [-0.2, 0) is 11.3 Å². The Hall–Kier alpha value is -1.53. The number of nitrogens with one attached hydrogen (secondary N) is 1. The number of methoxy groups -OCH3 is 1. The Morgan fingerprint density at radius 1 is 1.39 bits per heavy atom.